The lowest BCUT2D eigenvalue weighted by atomic mass is 10.1. The highest BCUT2D eigenvalue weighted by molar-refractivity contribution is 8.01. The number of rotatable bonds is 3. The summed E-state index contributed by atoms with van der Waals surface area (Å²) < 4.78 is 1.77. The summed E-state index contributed by atoms with van der Waals surface area (Å²) in [6.07, 6.45) is 0.710. The number of fused-ring (bicyclic) bond motifs is 1. The van der Waals surface area contributed by atoms with Crippen LogP contribution in [0.1, 0.15) is 15.9 Å². The molecule has 0 atom stereocenters. The number of nitrogens with one attached hydrogen (secondary N) is 1. The summed E-state index contributed by atoms with van der Waals surface area (Å²) in [5.41, 5.74) is 2.27. The third kappa shape index (κ3) is 1.52. The number of hydrogen-bond acceptors (Lipinski definition) is 6. The predicted octanol–water partition coefficient (Wildman–Crippen LogP) is 0.367. The molecule has 8 heteroatoms. The highest BCUT2D eigenvalue weighted by atomic mass is 32.2. The molecule has 88 valence electrons. The highest BCUT2D eigenvalue weighted by Gasteiger charge is 2.28. The van der Waals surface area contributed by atoms with E-state index in [1.165, 1.54) is 11.3 Å². The van der Waals surface area contributed by atoms with E-state index in [-0.39, 0.29) is 5.56 Å². The predicted molar refractivity (Wildman–Crippen MR) is 64.1 cm³/mol. The SMILES string of the molecule is O=C(O)c1c(Nn2c(=O)c2=O)sc2c1CCS2. The van der Waals surface area contributed by atoms with Crippen molar-refractivity contribution in [3.63, 3.8) is 0 Å². The van der Waals surface area contributed by atoms with Crippen LogP contribution in [0.3, 0.4) is 0 Å². The van der Waals surface area contributed by atoms with Gasteiger partial charge >= 0.3 is 17.1 Å². The Morgan fingerprint density at radius 2 is 2.06 bits per heavy atom. The van der Waals surface area contributed by atoms with Crippen molar-refractivity contribution in [2.45, 2.75) is 10.6 Å². The number of anilines is 1. The third-order valence-corrected chi connectivity index (χ3v) is 4.97. The second kappa shape index (κ2) is 3.47. The Morgan fingerprint density at radius 3 is 2.65 bits per heavy atom. The molecule has 0 unspecified atom stereocenters. The van der Waals surface area contributed by atoms with Crippen molar-refractivity contribution in [2.24, 2.45) is 0 Å². The Balaban J connectivity index is 2.05. The largest absolute Gasteiger partial charge is 0.478 e. The summed E-state index contributed by atoms with van der Waals surface area (Å²) in [6.45, 7) is 0. The van der Waals surface area contributed by atoms with Crippen molar-refractivity contribution in [2.75, 3.05) is 11.2 Å². The van der Waals surface area contributed by atoms with Crippen LogP contribution in [0.4, 0.5) is 5.00 Å². The Labute approximate surface area is 103 Å². The first-order valence-corrected chi connectivity index (χ1v) is 6.56. The maximum Gasteiger partial charge on any atom is 0.340 e. The van der Waals surface area contributed by atoms with Gasteiger partial charge in [0.1, 0.15) is 5.00 Å². The van der Waals surface area contributed by atoms with Gasteiger partial charge in [0, 0.05) is 5.75 Å². The van der Waals surface area contributed by atoms with E-state index in [1.54, 1.807) is 11.8 Å². The Morgan fingerprint density at radius 1 is 1.35 bits per heavy atom. The number of aromatic carboxylic acids is 1. The second-order valence-electron chi connectivity index (χ2n) is 3.53. The maximum absolute atomic E-state index is 11.2. The number of thioether (sulfide) groups is 1. The van der Waals surface area contributed by atoms with Gasteiger partial charge in [-0.1, -0.05) is 0 Å². The Bertz CT molecular complexity index is 667. The highest BCUT2D eigenvalue weighted by Crippen LogP contribution is 2.44. The van der Waals surface area contributed by atoms with Crippen molar-refractivity contribution in [1.82, 2.24) is 4.68 Å². The van der Waals surface area contributed by atoms with Crippen LogP contribution in [0, 0.1) is 0 Å². The van der Waals surface area contributed by atoms with Crippen molar-refractivity contribution in [3.05, 3.63) is 31.8 Å². The van der Waals surface area contributed by atoms with E-state index in [9.17, 15) is 14.4 Å². The molecule has 0 bridgehead atoms. The second-order valence-corrected chi connectivity index (χ2v) is 5.92. The summed E-state index contributed by atoms with van der Waals surface area (Å²) in [7, 11) is 0. The molecule has 3 heterocycles. The van der Waals surface area contributed by atoms with Crippen molar-refractivity contribution in [3.8, 4) is 0 Å². The molecule has 0 spiro atoms. The Kier molecular flexibility index (Phi) is 2.17. The fraction of sp³-hybridized carbons (Fsp3) is 0.222. The van der Waals surface area contributed by atoms with Crippen LogP contribution in [0.5, 0.6) is 0 Å². The van der Waals surface area contributed by atoms with Gasteiger partial charge in [-0.15, -0.1) is 23.1 Å². The fourth-order valence-electron chi connectivity index (χ4n) is 1.68. The van der Waals surface area contributed by atoms with Crippen LogP contribution in [0.15, 0.2) is 13.8 Å². The topological polar surface area (TPSA) is 88.4 Å². The number of aromatic nitrogens is 1. The average molecular weight is 270 g/mol. The molecule has 3 rings (SSSR count). The molecule has 0 saturated heterocycles. The van der Waals surface area contributed by atoms with E-state index < -0.39 is 17.1 Å². The van der Waals surface area contributed by atoms with Gasteiger partial charge < -0.3 is 5.11 Å². The van der Waals surface area contributed by atoms with Crippen molar-refractivity contribution < 1.29 is 9.90 Å². The minimum Gasteiger partial charge on any atom is -0.478 e. The molecular weight excluding hydrogens is 264 g/mol. The smallest absolute Gasteiger partial charge is 0.340 e. The van der Waals surface area contributed by atoms with Crippen LogP contribution in [-0.4, -0.2) is 21.5 Å². The van der Waals surface area contributed by atoms with Gasteiger partial charge in [-0.3, -0.25) is 15.0 Å². The van der Waals surface area contributed by atoms with Crippen molar-refractivity contribution >= 4 is 34.1 Å². The molecule has 2 N–H and O–H groups in total. The van der Waals surface area contributed by atoms with Crippen molar-refractivity contribution in [1.29, 1.82) is 0 Å². The number of nitrogens with zero attached hydrogens (tertiary/aromatic N) is 1. The third-order valence-electron chi connectivity index (χ3n) is 2.52. The molecule has 1 aliphatic heterocycles. The molecule has 0 saturated carbocycles. The van der Waals surface area contributed by atoms with Crippen LogP contribution in [0.2, 0.25) is 0 Å². The van der Waals surface area contributed by atoms with E-state index in [0.717, 1.165) is 20.2 Å². The normalized spacial score (nSPS) is 14.1. The number of thiophene rings is 1. The molecule has 2 aromatic heterocycles. The first-order valence-electron chi connectivity index (χ1n) is 4.76. The van der Waals surface area contributed by atoms with Crippen LogP contribution < -0.4 is 16.5 Å². The van der Waals surface area contributed by atoms with E-state index in [4.69, 9.17) is 5.11 Å². The van der Waals surface area contributed by atoms with Gasteiger partial charge in [-0.2, -0.15) is 4.68 Å². The van der Waals surface area contributed by atoms with Gasteiger partial charge in [0.05, 0.1) is 9.77 Å². The van der Waals surface area contributed by atoms with E-state index in [2.05, 4.69) is 5.43 Å². The average Bonchev–Trinajstić information content (AvgIpc) is 2.71. The molecule has 17 heavy (non-hydrogen) atoms. The molecule has 0 aliphatic carbocycles. The summed E-state index contributed by atoms with van der Waals surface area (Å²) in [5.74, 6) is -0.155. The van der Waals surface area contributed by atoms with E-state index in [0.29, 0.717) is 11.4 Å². The van der Waals surface area contributed by atoms with Crippen LogP contribution in [0.25, 0.3) is 0 Å². The standard InChI is InChI=1S/C9H6N2O4S2/c12-6-7(13)11(6)10-5-4(8(14)15)3-1-2-16-9(3)17-5/h10H,1-2H2,(H,14,15). The maximum atomic E-state index is 11.2. The molecule has 6 nitrogen and oxygen atoms in total. The molecule has 1 aliphatic rings. The fourth-order valence-corrected chi connectivity index (χ4v) is 4.24. The zero-order valence-electron chi connectivity index (χ0n) is 8.35. The molecule has 0 fully saturated rings. The zero-order chi connectivity index (χ0) is 12.2. The van der Waals surface area contributed by atoms with Gasteiger partial charge in [0.2, 0.25) is 0 Å². The van der Waals surface area contributed by atoms with Crippen LogP contribution >= 0.6 is 23.1 Å². The molecular formula is C9H6N2O4S2. The van der Waals surface area contributed by atoms with E-state index in [1.807, 2.05) is 0 Å². The molecule has 0 aromatic carbocycles. The van der Waals surface area contributed by atoms with Gasteiger partial charge in [0.25, 0.3) is 0 Å². The van der Waals surface area contributed by atoms with E-state index >= 15 is 0 Å². The summed E-state index contributed by atoms with van der Waals surface area (Å²) >= 11 is 2.87. The lowest BCUT2D eigenvalue weighted by molar-refractivity contribution is 0.0697. The number of carbonyl (C=O) groups is 1. The minimum absolute atomic E-state index is 0.183. The summed E-state index contributed by atoms with van der Waals surface area (Å²) in [4.78, 5) is 32.9. The lowest BCUT2D eigenvalue weighted by Gasteiger charge is -2.00. The number of carboxylic acid groups (broad SMARTS) is 1. The lowest BCUT2D eigenvalue weighted by Crippen LogP contribution is -2.10. The molecule has 2 aromatic rings. The first-order chi connectivity index (χ1) is 8.09. The quantitative estimate of drug-likeness (QED) is 0.783. The van der Waals surface area contributed by atoms with Gasteiger partial charge in [-0.05, 0) is 12.0 Å². The van der Waals surface area contributed by atoms with Crippen LogP contribution in [-0.2, 0) is 6.42 Å². The summed E-state index contributed by atoms with van der Waals surface area (Å²) in [6, 6.07) is 0. The van der Waals surface area contributed by atoms with Gasteiger partial charge in [0.15, 0.2) is 0 Å². The Hall–Kier alpha value is -1.54. The number of hydrogen-bond donors (Lipinski definition) is 2. The number of carboxylic acids is 1. The molecule has 0 radical (unpaired) electrons. The van der Waals surface area contributed by atoms with Gasteiger partial charge in [-0.25, -0.2) is 4.79 Å². The molecule has 0 amide bonds. The summed E-state index contributed by atoms with van der Waals surface area (Å²) in [5, 5.41) is 9.51. The monoisotopic (exact) mass is 270 g/mol. The first kappa shape index (κ1) is 10.6. The minimum atomic E-state index is -1.03. The zero-order valence-corrected chi connectivity index (χ0v) is 9.98.